The number of nitrogens with two attached hydrogens (primary N) is 1. The van der Waals surface area contributed by atoms with Gasteiger partial charge in [0, 0.05) is 13.3 Å². The van der Waals surface area contributed by atoms with Crippen LogP contribution in [0.2, 0.25) is 0 Å². The largest absolute Gasteiger partial charge is 0.396 e. The molecule has 1 aromatic heterocycles. The van der Waals surface area contributed by atoms with Crippen LogP contribution >= 0.6 is 0 Å². The molecule has 0 aromatic carbocycles. The van der Waals surface area contributed by atoms with Gasteiger partial charge in [-0.05, 0) is 5.92 Å². The highest BCUT2D eigenvalue weighted by atomic mass is 16.5. The molecule has 1 aromatic rings. The molecule has 1 atom stereocenters. The second-order valence-electron chi connectivity index (χ2n) is 3.51. The van der Waals surface area contributed by atoms with Crippen LogP contribution < -0.4 is 5.73 Å². The van der Waals surface area contributed by atoms with Crippen LogP contribution in [0.4, 0.5) is 5.69 Å². The molecule has 0 saturated carbocycles. The monoisotopic (exact) mass is 183 g/mol. The molecular formula is C9H17N3O. The quantitative estimate of drug-likeness (QED) is 0.761. The zero-order valence-electron chi connectivity index (χ0n) is 8.40. The van der Waals surface area contributed by atoms with Gasteiger partial charge in [-0.1, -0.05) is 13.8 Å². The number of ether oxygens (including phenoxy) is 1. The van der Waals surface area contributed by atoms with Crippen LogP contribution in [0.15, 0.2) is 12.4 Å². The molecule has 4 nitrogen and oxygen atoms in total. The van der Waals surface area contributed by atoms with Crippen molar-refractivity contribution in [1.29, 1.82) is 0 Å². The van der Waals surface area contributed by atoms with Crippen LogP contribution in [0.3, 0.4) is 0 Å². The minimum Gasteiger partial charge on any atom is -0.396 e. The summed E-state index contributed by atoms with van der Waals surface area (Å²) in [6.45, 7) is 5.01. The van der Waals surface area contributed by atoms with Gasteiger partial charge in [0.25, 0.3) is 0 Å². The summed E-state index contributed by atoms with van der Waals surface area (Å²) in [6.07, 6.45) is 3.65. The van der Waals surface area contributed by atoms with E-state index in [-0.39, 0.29) is 6.10 Å². The van der Waals surface area contributed by atoms with E-state index in [1.807, 2.05) is 10.9 Å². The van der Waals surface area contributed by atoms with Crippen LogP contribution in [-0.2, 0) is 11.3 Å². The highest BCUT2D eigenvalue weighted by molar-refractivity contribution is 5.30. The second-order valence-corrected chi connectivity index (χ2v) is 3.51. The molecular weight excluding hydrogens is 166 g/mol. The third kappa shape index (κ3) is 2.73. The summed E-state index contributed by atoms with van der Waals surface area (Å²) in [6, 6.07) is 0. The van der Waals surface area contributed by atoms with E-state index in [1.165, 1.54) is 0 Å². The maximum absolute atomic E-state index is 5.55. The second kappa shape index (κ2) is 4.28. The predicted octanol–water partition coefficient (Wildman–Crippen LogP) is 1.14. The molecule has 0 aliphatic heterocycles. The lowest BCUT2D eigenvalue weighted by Crippen LogP contribution is -2.24. The van der Waals surface area contributed by atoms with Crippen LogP contribution in [0.25, 0.3) is 0 Å². The van der Waals surface area contributed by atoms with Crippen LogP contribution in [0.1, 0.15) is 13.8 Å². The molecule has 0 aliphatic carbocycles. The van der Waals surface area contributed by atoms with Crippen molar-refractivity contribution in [3.8, 4) is 0 Å². The normalized spacial score (nSPS) is 13.5. The third-order valence-corrected chi connectivity index (χ3v) is 2.07. The molecule has 0 saturated heterocycles. The molecule has 2 N–H and O–H groups in total. The van der Waals surface area contributed by atoms with Gasteiger partial charge >= 0.3 is 0 Å². The van der Waals surface area contributed by atoms with Gasteiger partial charge in [0.1, 0.15) is 0 Å². The molecule has 0 amide bonds. The van der Waals surface area contributed by atoms with E-state index < -0.39 is 0 Å². The van der Waals surface area contributed by atoms with Gasteiger partial charge in [0.05, 0.1) is 24.5 Å². The first kappa shape index (κ1) is 10.1. The number of methoxy groups -OCH3 is 1. The maximum Gasteiger partial charge on any atom is 0.0789 e. The highest BCUT2D eigenvalue weighted by Crippen LogP contribution is 2.08. The molecule has 1 unspecified atom stereocenters. The highest BCUT2D eigenvalue weighted by Gasteiger charge is 2.12. The summed E-state index contributed by atoms with van der Waals surface area (Å²) in [5.74, 6) is 0.482. The number of rotatable bonds is 4. The first-order valence-electron chi connectivity index (χ1n) is 4.44. The zero-order chi connectivity index (χ0) is 9.84. The Labute approximate surface area is 78.7 Å². The first-order chi connectivity index (χ1) is 6.13. The molecule has 0 spiro atoms. The SMILES string of the molecule is COC(Cn1cc(N)cn1)C(C)C. The van der Waals surface area contributed by atoms with Crippen molar-refractivity contribution in [2.24, 2.45) is 5.92 Å². The van der Waals surface area contributed by atoms with Gasteiger partial charge in [-0.25, -0.2) is 0 Å². The van der Waals surface area contributed by atoms with Crippen molar-refractivity contribution < 1.29 is 4.74 Å². The smallest absolute Gasteiger partial charge is 0.0789 e. The molecule has 4 heteroatoms. The first-order valence-corrected chi connectivity index (χ1v) is 4.44. The Bertz CT molecular complexity index is 257. The van der Waals surface area contributed by atoms with E-state index in [2.05, 4.69) is 18.9 Å². The summed E-state index contributed by atoms with van der Waals surface area (Å²) in [5.41, 5.74) is 6.24. The van der Waals surface area contributed by atoms with Gasteiger partial charge in [-0.3, -0.25) is 4.68 Å². The fourth-order valence-corrected chi connectivity index (χ4v) is 1.22. The number of aromatic nitrogens is 2. The Balaban J connectivity index is 2.56. The van der Waals surface area contributed by atoms with Crippen LogP contribution in [0.5, 0.6) is 0 Å². The number of hydrogen-bond acceptors (Lipinski definition) is 3. The lowest BCUT2D eigenvalue weighted by molar-refractivity contribution is 0.0483. The third-order valence-electron chi connectivity index (χ3n) is 2.07. The van der Waals surface area contributed by atoms with E-state index >= 15 is 0 Å². The minimum atomic E-state index is 0.194. The van der Waals surface area contributed by atoms with Gasteiger partial charge in [0.15, 0.2) is 0 Å². The number of hydrogen-bond donors (Lipinski definition) is 1. The molecule has 0 aliphatic rings. The van der Waals surface area contributed by atoms with E-state index in [0.29, 0.717) is 11.6 Å². The average Bonchev–Trinajstić information content (AvgIpc) is 2.46. The molecule has 0 fully saturated rings. The minimum absolute atomic E-state index is 0.194. The summed E-state index contributed by atoms with van der Waals surface area (Å²) >= 11 is 0. The van der Waals surface area contributed by atoms with Gasteiger partial charge < -0.3 is 10.5 Å². The molecule has 0 bridgehead atoms. The molecule has 74 valence electrons. The Kier molecular flexibility index (Phi) is 3.31. The van der Waals surface area contributed by atoms with Crippen molar-refractivity contribution >= 4 is 5.69 Å². The standard InChI is InChI=1S/C9H17N3O/c1-7(2)9(13-3)6-12-5-8(10)4-11-12/h4-5,7,9H,6,10H2,1-3H3. The van der Waals surface area contributed by atoms with E-state index in [0.717, 1.165) is 6.54 Å². The van der Waals surface area contributed by atoms with Crippen LogP contribution in [-0.4, -0.2) is 23.0 Å². The van der Waals surface area contributed by atoms with Crippen molar-refractivity contribution in [3.63, 3.8) is 0 Å². The Morgan fingerprint density at radius 2 is 2.31 bits per heavy atom. The topological polar surface area (TPSA) is 53.1 Å². The Morgan fingerprint density at radius 3 is 2.69 bits per heavy atom. The molecule has 0 radical (unpaired) electrons. The predicted molar refractivity (Wildman–Crippen MR) is 52.3 cm³/mol. The maximum atomic E-state index is 5.55. The van der Waals surface area contributed by atoms with Crippen LogP contribution in [0, 0.1) is 5.92 Å². The summed E-state index contributed by atoms with van der Waals surface area (Å²) in [5, 5.41) is 4.10. The fourth-order valence-electron chi connectivity index (χ4n) is 1.22. The summed E-state index contributed by atoms with van der Waals surface area (Å²) < 4.78 is 7.13. The Hall–Kier alpha value is -1.03. The lowest BCUT2D eigenvalue weighted by atomic mass is 10.1. The zero-order valence-corrected chi connectivity index (χ0v) is 8.40. The average molecular weight is 183 g/mol. The van der Waals surface area contributed by atoms with Gasteiger partial charge in [-0.15, -0.1) is 0 Å². The van der Waals surface area contributed by atoms with E-state index in [9.17, 15) is 0 Å². The van der Waals surface area contributed by atoms with Crippen molar-refractivity contribution in [3.05, 3.63) is 12.4 Å². The Morgan fingerprint density at radius 1 is 1.62 bits per heavy atom. The number of nitrogens with zero attached hydrogens (tertiary/aromatic N) is 2. The van der Waals surface area contributed by atoms with E-state index in [4.69, 9.17) is 10.5 Å². The summed E-state index contributed by atoms with van der Waals surface area (Å²) in [7, 11) is 1.72. The molecule has 13 heavy (non-hydrogen) atoms. The molecule has 1 rings (SSSR count). The van der Waals surface area contributed by atoms with Crippen molar-refractivity contribution in [2.45, 2.75) is 26.5 Å². The number of anilines is 1. The lowest BCUT2D eigenvalue weighted by Gasteiger charge is -2.18. The van der Waals surface area contributed by atoms with Crippen molar-refractivity contribution in [2.75, 3.05) is 12.8 Å². The van der Waals surface area contributed by atoms with Gasteiger partial charge in [-0.2, -0.15) is 5.10 Å². The van der Waals surface area contributed by atoms with E-state index in [1.54, 1.807) is 13.3 Å². The number of nitrogen functional groups attached to an aromatic ring is 1. The molecule has 1 heterocycles. The van der Waals surface area contributed by atoms with Gasteiger partial charge in [0.2, 0.25) is 0 Å². The summed E-state index contributed by atoms with van der Waals surface area (Å²) in [4.78, 5) is 0. The fraction of sp³-hybridized carbons (Fsp3) is 0.667. The van der Waals surface area contributed by atoms with Crippen molar-refractivity contribution in [1.82, 2.24) is 9.78 Å².